The number of anilines is 1. The molecule has 0 bridgehead atoms. The lowest BCUT2D eigenvalue weighted by atomic mass is 10.1. The van der Waals surface area contributed by atoms with Crippen LogP contribution in [-0.4, -0.2) is 5.84 Å². The fraction of sp³-hybridized carbons (Fsp3) is 0.320. The van der Waals surface area contributed by atoms with Crippen LogP contribution in [0.1, 0.15) is 50.2 Å². The molecule has 0 saturated heterocycles. The molecule has 142 valence electrons. The van der Waals surface area contributed by atoms with Crippen LogP contribution in [0, 0.1) is 13.8 Å². The van der Waals surface area contributed by atoms with Gasteiger partial charge in [-0.2, -0.15) is 0 Å². The first-order valence-electron chi connectivity index (χ1n) is 9.92. The van der Waals surface area contributed by atoms with Crippen molar-refractivity contribution in [2.75, 3.05) is 5.32 Å². The molecular formula is C25H32N2. The maximum atomic E-state index is 5.01. The van der Waals surface area contributed by atoms with Crippen LogP contribution in [0.2, 0.25) is 0 Å². The van der Waals surface area contributed by atoms with Gasteiger partial charge in [0.2, 0.25) is 0 Å². The number of nitrogens with zero attached hydrogens (tertiary/aromatic N) is 1. The summed E-state index contributed by atoms with van der Waals surface area (Å²) in [6, 6.07) is 6.48. The van der Waals surface area contributed by atoms with Gasteiger partial charge in [-0.05, 0) is 62.0 Å². The number of hydrogen-bond donors (Lipinski definition) is 1. The summed E-state index contributed by atoms with van der Waals surface area (Å²) in [5.74, 6) is 0.999. The van der Waals surface area contributed by atoms with Crippen LogP contribution < -0.4 is 5.32 Å². The van der Waals surface area contributed by atoms with E-state index in [1.54, 1.807) is 0 Å². The van der Waals surface area contributed by atoms with Crippen molar-refractivity contribution >= 4 is 11.5 Å². The lowest BCUT2D eigenvalue weighted by Crippen LogP contribution is -2.14. The number of allylic oxidation sites excluding steroid dienone is 7. The summed E-state index contributed by atoms with van der Waals surface area (Å²) < 4.78 is 0. The van der Waals surface area contributed by atoms with Gasteiger partial charge >= 0.3 is 0 Å². The Balaban J connectivity index is 2.38. The van der Waals surface area contributed by atoms with Crippen LogP contribution in [0.5, 0.6) is 0 Å². The Hall–Kier alpha value is -2.61. The Kier molecular flexibility index (Phi) is 8.57. The molecule has 2 rings (SSSR count). The quantitative estimate of drug-likeness (QED) is 0.310. The lowest BCUT2D eigenvalue weighted by molar-refractivity contribution is 0.833. The first-order valence-corrected chi connectivity index (χ1v) is 9.92. The van der Waals surface area contributed by atoms with Crippen LogP contribution in [0.3, 0.4) is 0 Å². The van der Waals surface area contributed by atoms with E-state index in [1.165, 1.54) is 11.1 Å². The maximum Gasteiger partial charge on any atom is 0.107 e. The highest BCUT2D eigenvalue weighted by atomic mass is 15.0. The summed E-state index contributed by atoms with van der Waals surface area (Å²) in [6.07, 6.45) is 19.9. The molecule has 0 aromatic heterocycles. The van der Waals surface area contributed by atoms with E-state index in [0.717, 1.165) is 54.9 Å². The number of aliphatic imine (C=N–C) groups is 1. The van der Waals surface area contributed by atoms with Crippen molar-refractivity contribution in [3.8, 4) is 0 Å². The van der Waals surface area contributed by atoms with Gasteiger partial charge in [0.25, 0.3) is 0 Å². The first-order chi connectivity index (χ1) is 13.1. The van der Waals surface area contributed by atoms with Gasteiger partial charge in [-0.1, -0.05) is 68.5 Å². The Bertz CT molecular complexity index is 789. The van der Waals surface area contributed by atoms with E-state index in [1.807, 2.05) is 12.2 Å². The van der Waals surface area contributed by atoms with Gasteiger partial charge in [0.1, 0.15) is 5.84 Å². The molecule has 27 heavy (non-hydrogen) atoms. The molecule has 0 spiro atoms. The monoisotopic (exact) mass is 360 g/mol. The fourth-order valence-electron chi connectivity index (χ4n) is 2.87. The fourth-order valence-corrected chi connectivity index (χ4v) is 2.87. The molecule has 0 saturated carbocycles. The highest BCUT2D eigenvalue weighted by molar-refractivity contribution is 5.97. The third-order valence-corrected chi connectivity index (χ3v) is 4.48. The molecule has 1 aromatic rings. The molecule has 0 amide bonds. The van der Waals surface area contributed by atoms with Crippen molar-refractivity contribution in [2.24, 2.45) is 4.99 Å². The minimum Gasteiger partial charge on any atom is -0.344 e. The van der Waals surface area contributed by atoms with Gasteiger partial charge in [0, 0.05) is 12.1 Å². The maximum absolute atomic E-state index is 5.01. The second kappa shape index (κ2) is 11.2. The minimum atomic E-state index is 0.922. The van der Waals surface area contributed by atoms with Crippen LogP contribution in [0.25, 0.3) is 0 Å². The zero-order valence-corrected chi connectivity index (χ0v) is 17.0. The van der Waals surface area contributed by atoms with Gasteiger partial charge in [-0.3, -0.25) is 0 Å². The molecule has 1 aliphatic rings. The summed E-state index contributed by atoms with van der Waals surface area (Å²) in [4.78, 5) is 5.01. The van der Waals surface area contributed by atoms with Crippen molar-refractivity contribution in [3.05, 3.63) is 89.7 Å². The largest absolute Gasteiger partial charge is 0.344 e. The molecule has 0 unspecified atom stereocenters. The van der Waals surface area contributed by atoms with Gasteiger partial charge < -0.3 is 5.32 Å². The topological polar surface area (TPSA) is 24.4 Å². The number of nitrogens with one attached hydrogen (secondary N) is 1. The first kappa shape index (κ1) is 20.7. The van der Waals surface area contributed by atoms with Gasteiger partial charge in [-0.25, -0.2) is 4.99 Å². The minimum absolute atomic E-state index is 0.922. The third-order valence-electron chi connectivity index (χ3n) is 4.48. The van der Waals surface area contributed by atoms with Crippen molar-refractivity contribution in [1.82, 2.24) is 0 Å². The number of rotatable bonds is 7. The van der Waals surface area contributed by atoms with E-state index >= 15 is 0 Å². The standard InChI is InChI=1S/C25H32N2/c1-5-7-16-25(27-24-19-20(3)17-18-21(24)4)26-23(13-6-2)22-14-11-9-8-10-12-15-22/h6,9,11-15,17-19H,2,5,7-8,10,16H2,1,3-4H3,(H,26,27)/b11-9-,15-12?,22-14+,23-13-. The molecule has 1 N–H and O–H groups in total. The summed E-state index contributed by atoms with van der Waals surface area (Å²) >= 11 is 0. The number of benzene rings is 1. The van der Waals surface area contributed by atoms with Crippen molar-refractivity contribution in [3.63, 3.8) is 0 Å². The molecule has 0 fully saturated rings. The highest BCUT2D eigenvalue weighted by Crippen LogP contribution is 2.21. The number of amidine groups is 1. The van der Waals surface area contributed by atoms with Crippen LogP contribution >= 0.6 is 0 Å². The van der Waals surface area contributed by atoms with Gasteiger partial charge in [0.05, 0.1) is 5.70 Å². The molecule has 0 aliphatic heterocycles. The van der Waals surface area contributed by atoms with Crippen molar-refractivity contribution in [1.29, 1.82) is 0 Å². The third kappa shape index (κ3) is 6.90. The summed E-state index contributed by atoms with van der Waals surface area (Å²) in [7, 11) is 0. The Morgan fingerprint density at radius 1 is 1.22 bits per heavy atom. The zero-order valence-electron chi connectivity index (χ0n) is 17.0. The molecule has 2 heteroatoms. The summed E-state index contributed by atoms with van der Waals surface area (Å²) in [5, 5.41) is 3.58. The molecule has 1 aromatic carbocycles. The highest BCUT2D eigenvalue weighted by Gasteiger charge is 2.07. The van der Waals surface area contributed by atoms with E-state index in [9.17, 15) is 0 Å². The molecule has 0 heterocycles. The molecule has 0 radical (unpaired) electrons. The van der Waals surface area contributed by atoms with E-state index in [4.69, 9.17) is 4.99 Å². The summed E-state index contributed by atoms with van der Waals surface area (Å²) in [6.45, 7) is 10.3. The number of hydrogen-bond acceptors (Lipinski definition) is 1. The van der Waals surface area contributed by atoms with E-state index in [2.05, 4.69) is 81.2 Å². The summed E-state index contributed by atoms with van der Waals surface area (Å²) in [5.41, 5.74) is 5.66. The Morgan fingerprint density at radius 2 is 2.04 bits per heavy atom. The Morgan fingerprint density at radius 3 is 2.81 bits per heavy atom. The SMILES string of the molecule is C=C/C=C(N=C(CCCC)Nc1cc(C)ccc1C)/C1=C/C=C\CCC=C1. The normalized spacial score (nSPS) is 18.3. The molecule has 1 aliphatic carbocycles. The molecule has 0 atom stereocenters. The smallest absolute Gasteiger partial charge is 0.107 e. The number of unbranched alkanes of at least 4 members (excludes halogenated alkanes) is 1. The Labute approximate surface area is 164 Å². The van der Waals surface area contributed by atoms with Crippen molar-refractivity contribution < 1.29 is 0 Å². The average molecular weight is 361 g/mol. The second-order valence-electron chi connectivity index (χ2n) is 6.92. The average Bonchev–Trinajstić information content (AvgIpc) is 2.62. The predicted octanol–water partition coefficient (Wildman–Crippen LogP) is 7.21. The van der Waals surface area contributed by atoms with Crippen LogP contribution in [0.4, 0.5) is 5.69 Å². The molecule has 2 nitrogen and oxygen atoms in total. The van der Waals surface area contributed by atoms with E-state index < -0.39 is 0 Å². The second-order valence-corrected chi connectivity index (χ2v) is 6.92. The van der Waals surface area contributed by atoms with Crippen LogP contribution in [0.15, 0.2) is 83.6 Å². The molecular weight excluding hydrogens is 328 g/mol. The van der Waals surface area contributed by atoms with Gasteiger partial charge in [0.15, 0.2) is 0 Å². The van der Waals surface area contributed by atoms with Crippen LogP contribution in [-0.2, 0) is 0 Å². The zero-order chi connectivity index (χ0) is 19.5. The number of aryl methyl sites for hydroxylation is 2. The van der Waals surface area contributed by atoms with E-state index in [0.29, 0.717) is 0 Å². The van der Waals surface area contributed by atoms with Crippen molar-refractivity contribution in [2.45, 2.75) is 52.9 Å². The lowest BCUT2D eigenvalue weighted by Gasteiger charge is -2.14. The van der Waals surface area contributed by atoms with E-state index in [-0.39, 0.29) is 0 Å². The van der Waals surface area contributed by atoms with Gasteiger partial charge in [-0.15, -0.1) is 0 Å². The predicted molar refractivity (Wildman–Crippen MR) is 120 cm³/mol.